The van der Waals surface area contributed by atoms with E-state index in [0.29, 0.717) is 5.56 Å². The Labute approximate surface area is 103 Å². The van der Waals surface area contributed by atoms with Crippen LogP contribution in [0.5, 0.6) is 0 Å². The molecule has 1 atom stereocenters. The SMILES string of the molecule is C=CC[C@@](O)(Cc1ccc([N+](=O)[O-])cc1)C(=O)O. The van der Waals surface area contributed by atoms with Crippen molar-refractivity contribution in [2.45, 2.75) is 18.4 Å². The molecule has 96 valence electrons. The number of non-ortho nitro benzene ring substituents is 1. The average Bonchev–Trinajstić information content (AvgIpc) is 2.29. The number of nitrogens with zero attached hydrogens (tertiary/aromatic N) is 1. The van der Waals surface area contributed by atoms with Gasteiger partial charge in [-0.3, -0.25) is 10.1 Å². The monoisotopic (exact) mass is 251 g/mol. The fourth-order valence-corrected chi connectivity index (χ4v) is 1.55. The molecule has 0 unspecified atom stereocenters. The summed E-state index contributed by atoms with van der Waals surface area (Å²) >= 11 is 0. The summed E-state index contributed by atoms with van der Waals surface area (Å²) in [5.74, 6) is -1.35. The molecule has 1 aromatic carbocycles. The second-order valence-electron chi connectivity index (χ2n) is 3.93. The van der Waals surface area contributed by atoms with E-state index >= 15 is 0 Å². The van der Waals surface area contributed by atoms with E-state index in [4.69, 9.17) is 5.11 Å². The van der Waals surface area contributed by atoms with Crippen molar-refractivity contribution >= 4 is 11.7 Å². The van der Waals surface area contributed by atoms with Crippen molar-refractivity contribution in [1.29, 1.82) is 0 Å². The molecule has 0 fully saturated rings. The van der Waals surface area contributed by atoms with Crippen LogP contribution in [0, 0.1) is 10.1 Å². The minimum atomic E-state index is -1.93. The van der Waals surface area contributed by atoms with Crippen LogP contribution in [-0.2, 0) is 11.2 Å². The first kappa shape index (κ1) is 13.9. The van der Waals surface area contributed by atoms with Gasteiger partial charge in [-0.1, -0.05) is 18.2 Å². The summed E-state index contributed by atoms with van der Waals surface area (Å²) in [6, 6.07) is 5.39. The van der Waals surface area contributed by atoms with Crippen LogP contribution in [0.25, 0.3) is 0 Å². The minimum Gasteiger partial charge on any atom is -0.479 e. The molecule has 0 aliphatic rings. The lowest BCUT2D eigenvalue weighted by Gasteiger charge is -2.21. The molecule has 0 bridgehead atoms. The Morgan fingerprint density at radius 2 is 2.00 bits per heavy atom. The summed E-state index contributed by atoms with van der Waals surface area (Å²) in [4.78, 5) is 20.9. The molecular formula is C12H13NO5. The van der Waals surface area contributed by atoms with E-state index in [1.165, 1.54) is 30.3 Å². The van der Waals surface area contributed by atoms with E-state index in [-0.39, 0.29) is 18.5 Å². The zero-order chi connectivity index (χ0) is 13.8. The van der Waals surface area contributed by atoms with E-state index < -0.39 is 16.5 Å². The Kier molecular flexibility index (Phi) is 4.17. The number of hydrogen-bond donors (Lipinski definition) is 2. The van der Waals surface area contributed by atoms with Crippen molar-refractivity contribution in [1.82, 2.24) is 0 Å². The van der Waals surface area contributed by atoms with Gasteiger partial charge in [0.05, 0.1) is 4.92 Å². The fourth-order valence-electron chi connectivity index (χ4n) is 1.55. The highest BCUT2D eigenvalue weighted by atomic mass is 16.6. The van der Waals surface area contributed by atoms with Crippen LogP contribution >= 0.6 is 0 Å². The normalized spacial score (nSPS) is 13.6. The number of carboxylic acid groups (broad SMARTS) is 1. The Morgan fingerprint density at radius 1 is 1.44 bits per heavy atom. The van der Waals surface area contributed by atoms with Gasteiger partial charge in [0, 0.05) is 25.0 Å². The van der Waals surface area contributed by atoms with Crippen LogP contribution in [-0.4, -0.2) is 26.7 Å². The van der Waals surface area contributed by atoms with Gasteiger partial charge in [0.25, 0.3) is 5.69 Å². The number of hydrogen-bond acceptors (Lipinski definition) is 4. The molecule has 0 aliphatic carbocycles. The lowest BCUT2D eigenvalue weighted by Crippen LogP contribution is -2.40. The lowest BCUT2D eigenvalue weighted by atomic mass is 9.91. The largest absolute Gasteiger partial charge is 0.479 e. The molecule has 0 heterocycles. The second kappa shape index (κ2) is 5.42. The van der Waals surface area contributed by atoms with Crippen molar-refractivity contribution < 1.29 is 19.9 Å². The maximum atomic E-state index is 11.0. The zero-order valence-electron chi connectivity index (χ0n) is 9.57. The lowest BCUT2D eigenvalue weighted by molar-refractivity contribution is -0.384. The van der Waals surface area contributed by atoms with Gasteiger partial charge in [-0.15, -0.1) is 6.58 Å². The van der Waals surface area contributed by atoms with E-state index in [2.05, 4.69) is 6.58 Å². The summed E-state index contributed by atoms with van der Waals surface area (Å²) < 4.78 is 0. The van der Waals surface area contributed by atoms with Crippen molar-refractivity contribution in [2.24, 2.45) is 0 Å². The molecule has 18 heavy (non-hydrogen) atoms. The molecule has 2 N–H and O–H groups in total. The Bertz CT molecular complexity index is 468. The molecule has 0 saturated carbocycles. The fraction of sp³-hybridized carbons (Fsp3) is 0.250. The third-order valence-electron chi connectivity index (χ3n) is 2.52. The van der Waals surface area contributed by atoms with Gasteiger partial charge in [-0.25, -0.2) is 4.79 Å². The van der Waals surface area contributed by atoms with Crippen LogP contribution < -0.4 is 0 Å². The Morgan fingerprint density at radius 3 is 2.39 bits per heavy atom. The molecule has 6 nitrogen and oxygen atoms in total. The third-order valence-corrected chi connectivity index (χ3v) is 2.52. The maximum Gasteiger partial charge on any atom is 0.336 e. The molecule has 0 aromatic heterocycles. The van der Waals surface area contributed by atoms with E-state index in [1.54, 1.807) is 0 Å². The number of carbonyl (C=O) groups is 1. The van der Waals surface area contributed by atoms with Gasteiger partial charge < -0.3 is 10.2 Å². The molecule has 0 aliphatic heterocycles. The van der Waals surface area contributed by atoms with Crippen LogP contribution in [0.2, 0.25) is 0 Å². The van der Waals surface area contributed by atoms with Crippen molar-refractivity contribution in [3.05, 3.63) is 52.6 Å². The highest BCUT2D eigenvalue weighted by molar-refractivity contribution is 5.77. The van der Waals surface area contributed by atoms with E-state index in [9.17, 15) is 20.0 Å². The maximum absolute atomic E-state index is 11.0. The number of nitro groups is 1. The number of benzene rings is 1. The Balaban J connectivity index is 2.91. The highest BCUT2D eigenvalue weighted by Gasteiger charge is 2.34. The topological polar surface area (TPSA) is 101 Å². The van der Waals surface area contributed by atoms with E-state index in [0.717, 1.165) is 0 Å². The van der Waals surface area contributed by atoms with Crippen molar-refractivity contribution in [3.8, 4) is 0 Å². The average molecular weight is 251 g/mol. The third kappa shape index (κ3) is 3.14. The van der Waals surface area contributed by atoms with Crippen LogP contribution in [0.15, 0.2) is 36.9 Å². The molecule has 0 amide bonds. The number of aliphatic carboxylic acids is 1. The van der Waals surface area contributed by atoms with Gasteiger partial charge in [0.15, 0.2) is 5.60 Å². The molecule has 0 spiro atoms. The first-order valence-corrected chi connectivity index (χ1v) is 5.19. The number of nitro benzene ring substituents is 1. The van der Waals surface area contributed by atoms with Gasteiger partial charge in [0.2, 0.25) is 0 Å². The van der Waals surface area contributed by atoms with Crippen LogP contribution in [0.1, 0.15) is 12.0 Å². The second-order valence-corrected chi connectivity index (χ2v) is 3.93. The van der Waals surface area contributed by atoms with Gasteiger partial charge in [-0.2, -0.15) is 0 Å². The Hall–Kier alpha value is -2.21. The van der Waals surface area contributed by atoms with Gasteiger partial charge in [-0.05, 0) is 5.56 Å². The number of carboxylic acids is 1. The number of rotatable bonds is 6. The highest BCUT2D eigenvalue weighted by Crippen LogP contribution is 2.20. The summed E-state index contributed by atoms with van der Waals surface area (Å²) in [6.07, 6.45) is 1.09. The standard InChI is InChI=1S/C12H13NO5/c1-2-7-12(16,11(14)15)8-9-3-5-10(6-4-9)13(17)18/h2-6,16H,1,7-8H2,(H,14,15)/t12-/m1/s1. The summed E-state index contributed by atoms with van der Waals surface area (Å²) in [5.41, 5.74) is -1.51. The van der Waals surface area contributed by atoms with Crippen LogP contribution in [0.3, 0.4) is 0 Å². The van der Waals surface area contributed by atoms with Gasteiger partial charge >= 0.3 is 5.97 Å². The van der Waals surface area contributed by atoms with Crippen LogP contribution in [0.4, 0.5) is 5.69 Å². The predicted octanol–water partition coefficient (Wildman–Crippen LogP) is 1.53. The molecule has 1 aromatic rings. The molecule has 0 saturated heterocycles. The smallest absolute Gasteiger partial charge is 0.336 e. The molecule has 1 rings (SSSR count). The summed E-state index contributed by atoms with van der Waals surface area (Å²) in [6.45, 7) is 3.39. The first-order chi connectivity index (χ1) is 8.39. The molecule has 6 heteroatoms. The number of aliphatic hydroxyl groups is 1. The van der Waals surface area contributed by atoms with Crippen molar-refractivity contribution in [3.63, 3.8) is 0 Å². The first-order valence-electron chi connectivity index (χ1n) is 5.19. The summed E-state index contributed by atoms with van der Waals surface area (Å²) in [7, 11) is 0. The predicted molar refractivity (Wildman–Crippen MR) is 64.2 cm³/mol. The molecular weight excluding hydrogens is 238 g/mol. The van der Waals surface area contributed by atoms with E-state index in [1.807, 2.05) is 0 Å². The quantitative estimate of drug-likeness (QED) is 0.453. The van der Waals surface area contributed by atoms with Gasteiger partial charge in [0.1, 0.15) is 0 Å². The zero-order valence-corrected chi connectivity index (χ0v) is 9.57. The van der Waals surface area contributed by atoms with Crippen molar-refractivity contribution in [2.75, 3.05) is 0 Å². The molecule has 0 radical (unpaired) electrons. The minimum absolute atomic E-state index is 0.0821. The summed E-state index contributed by atoms with van der Waals surface area (Å²) in [5, 5.41) is 29.3.